The lowest BCUT2D eigenvalue weighted by atomic mass is 9.93. The predicted octanol–water partition coefficient (Wildman–Crippen LogP) is 1.04. The van der Waals surface area contributed by atoms with E-state index >= 15 is 0 Å². The summed E-state index contributed by atoms with van der Waals surface area (Å²) in [5, 5.41) is 21.6. The van der Waals surface area contributed by atoms with Crippen molar-refractivity contribution in [1.82, 2.24) is 4.57 Å². The summed E-state index contributed by atoms with van der Waals surface area (Å²) < 4.78 is 1.37. The average molecular weight is 274 g/mol. The van der Waals surface area contributed by atoms with Crippen LogP contribution in [0.25, 0.3) is 10.9 Å². The molecule has 2 aromatic rings. The van der Waals surface area contributed by atoms with E-state index in [-0.39, 0.29) is 5.91 Å². The highest BCUT2D eigenvalue weighted by atomic mass is 16.4. The number of carboxylic acid groups (broad SMARTS) is 1. The van der Waals surface area contributed by atoms with E-state index in [0.717, 1.165) is 0 Å². The van der Waals surface area contributed by atoms with Crippen LogP contribution >= 0.6 is 0 Å². The molecule has 1 aromatic carbocycles. The lowest BCUT2D eigenvalue weighted by Crippen LogP contribution is -2.30. The molecule has 0 aliphatic rings. The lowest BCUT2D eigenvalue weighted by Gasteiger charge is -2.17. The van der Waals surface area contributed by atoms with Crippen molar-refractivity contribution in [3.8, 4) is 0 Å². The summed E-state index contributed by atoms with van der Waals surface area (Å²) in [5.41, 5.74) is 1.41. The first-order valence-electron chi connectivity index (χ1n) is 6.47. The third-order valence-electron chi connectivity index (χ3n) is 3.52. The van der Waals surface area contributed by atoms with Crippen LogP contribution < -0.4 is 5.11 Å². The Morgan fingerprint density at radius 2 is 2.00 bits per heavy atom. The Labute approximate surface area is 116 Å². The molecule has 0 saturated carbocycles. The number of nitrogens with zero attached hydrogens (tertiary/aromatic N) is 1. The minimum absolute atomic E-state index is 0.260. The lowest BCUT2D eigenvalue weighted by molar-refractivity contribution is -0.308. The van der Waals surface area contributed by atoms with Crippen LogP contribution in [0.15, 0.2) is 24.3 Å². The molecule has 5 heteroatoms. The van der Waals surface area contributed by atoms with Gasteiger partial charge in [-0.3, -0.25) is 9.36 Å². The minimum Gasteiger partial charge on any atom is -0.549 e. The Hall–Kier alpha value is -2.14. The number of aromatic nitrogens is 1. The average Bonchev–Trinajstić information content (AvgIpc) is 2.74. The van der Waals surface area contributed by atoms with Crippen molar-refractivity contribution < 1.29 is 19.8 Å². The van der Waals surface area contributed by atoms with Crippen molar-refractivity contribution in [1.29, 1.82) is 0 Å². The molecule has 1 N–H and O–H groups in total. The molecule has 2 rings (SSSR count). The third-order valence-corrected chi connectivity index (χ3v) is 3.52. The van der Waals surface area contributed by atoms with E-state index in [1.54, 1.807) is 31.2 Å². The smallest absolute Gasteiger partial charge is 0.228 e. The molecule has 0 amide bonds. The summed E-state index contributed by atoms with van der Waals surface area (Å²) in [4.78, 5) is 23.2. The first-order valence-corrected chi connectivity index (χ1v) is 6.47. The Morgan fingerprint density at radius 1 is 1.35 bits per heavy atom. The van der Waals surface area contributed by atoms with Crippen LogP contribution in [0.4, 0.5) is 0 Å². The van der Waals surface area contributed by atoms with Crippen molar-refractivity contribution >= 4 is 22.8 Å². The largest absolute Gasteiger partial charge is 0.549 e. The van der Waals surface area contributed by atoms with Gasteiger partial charge in [0.15, 0.2) is 0 Å². The minimum atomic E-state index is -1.20. The zero-order valence-electron chi connectivity index (χ0n) is 11.4. The monoisotopic (exact) mass is 274 g/mol. The highest BCUT2D eigenvalue weighted by Gasteiger charge is 2.24. The first kappa shape index (κ1) is 14.3. The van der Waals surface area contributed by atoms with E-state index in [9.17, 15) is 19.8 Å². The van der Waals surface area contributed by atoms with Gasteiger partial charge in [-0.15, -0.1) is 0 Å². The predicted molar refractivity (Wildman–Crippen MR) is 72.2 cm³/mol. The number of carbonyl (C=O) groups excluding carboxylic acids is 2. The summed E-state index contributed by atoms with van der Waals surface area (Å²) in [5.74, 6) is -2.30. The van der Waals surface area contributed by atoms with Crippen LogP contribution in [0.2, 0.25) is 0 Å². The summed E-state index contributed by atoms with van der Waals surface area (Å²) in [6.45, 7) is 2.73. The van der Waals surface area contributed by atoms with Crippen LogP contribution in [0.5, 0.6) is 0 Å². The van der Waals surface area contributed by atoms with Crippen LogP contribution in [-0.4, -0.2) is 21.6 Å². The van der Waals surface area contributed by atoms with Gasteiger partial charge in [0, 0.05) is 24.2 Å². The maximum atomic E-state index is 11.8. The van der Waals surface area contributed by atoms with Crippen molar-refractivity contribution in [2.45, 2.75) is 32.8 Å². The zero-order valence-corrected chi connectivity index (χ0v) is 11.4. The van der Waals surface area contributed by atoms with Crippen molar-refractivity contribution in [3.05, 3.63) is 35.5 Å². The molecule has 0 aliphatic heterocycles. The molecular formula is C15H16NO4-. The highest BCUT2D eigenvalue weighted by molar-refractivity contribution is 5.97. The number of rotatable bonds is 4. The Kier molecular flexibility index (Phi) is 3.90. The van der Waals surface area contributed by atoms with E-state index in [1.807, 2.05) is 0 Å². The Bertz CT molecular complexity index is 672. The SMILES string of the molecule is CCC(C(=O)[O-])c1c(CO)n(C(C)=O)c2ccccc12. The molecule has 1 aromatic heterocycles. The molecule has 106 valence electrons. The normalized spacial score (nSPS) is 12.6. The van der Waals surface area contributed by atoms with Crippen LogP contribution in [0.1, 0.15) is 42.2 Å². The number of aliphatic carboxylic acids is 1. The quantitative estimate of drug-likeness (QED) is 0.903. The molecule has 1 atom stereocenters. The summed E-state index contributed by atoms with van der Waals surface area (Å²) >= 11 is 0. The van der Waals surface area contributed by atoms with E-state index in [2.05, 4.69) is 0 Å². The molecule has 0 bridgehead atoms. The van der Waals surface area contributed by atoms with Crippen molar-refractivity contribution in [3.63, 3.8) is 0 Å². The van der Waals surface area contributed by atoms with Gasteiger partial charge in [0.05, 0.1) is 17.8 Å². The molecule has 20 heavy (non-hydrogen) atoms. The molecule has 0 radical (unpaired) electrons. The second-order valence-electron chi connectivity index (χ2n) is 4.67. The van der Waals surface area contributed by atoms with E-state index in [1.165, 1.54) is 11.5 Å². The van der Waals surface area contributed by atoms with Gasteiger partial charge in [-0.25, -0.2) is 0 Å². The second-order valence-corrected chi connectivity index (χ2v) is 4.67. The van der Waals surface area contributed by atoms with Gasteiger partial charge in [-0.05, 0) is 18.1 Å². The molecule has 5 nitrogen and oxygen atoms in total. The Balaban J connectivity index is 2.88. The molecule has 0 spiro atoms. The van der Waals surface area contributed by atoms with Gasteiger partial charge in [0.1, 0.15) is 0 Å². The number of carbonyl (C=O) groups is 2. The van der Waals surface area contributed by atoms with Gasteiger partial charge in [0.25, 0.3) is 0 Å². The third kappa shape index (κ3) is 2.10. The standard InChI is InChI=1S/C15H17NO4/c1-3-10(15(19)20)14-11-6-4-5-7-12(11)16(9(2)18)13(14)8-17/h4-7,10,17H,3,8H2,1-2H3,(H,19,20)/p-1. The maximum Gasteiger partial charge on any atom is 0.228 e. The fraction of sp³-hybridized carbons (Fsp3) is 0.333. The molecular weight excluding hydrogens is 258 g/mol. The Morgan fingerprint density at radius 3 is 2.50 bits per heavy atom. The number of aliphatic hydroxyl groups excluding tert-OH is 1. The van der Waals surface area contributed by atoms with Gasteiger partial charge in [0.2, 0.25) is 5.91 Å². The summed E-state index contributed by atoms with van der Waals surface area (Å²) in [6, 6.07) is 7.04. The molecule has 0 saturated heterocycles. The topological polar surface area (TPSA) is 82.4 Å². The number of benzene rings is 1. The molecule has 1 heterocycles. The fourth-order valence-electron chi connectivity index (χ4n) is 2.71. The number of hydrogen-bond donors (Lipinski definition) is 1. The highest BCUT2D eigenvalue weighted by Crippen LogP contribution is 2.33. The number of para-hydroxylation sites is 1. The maximum absolute atomic E-state index is 11.8. The van der Waals surface area contributed by atoms with Gasteiger partial charge in [-0.1, -0.05) is 25.1 Å². The first-order chi connectivity index (χ1) is 9.52. The van der Waals surface area contributed by atoms with E-state index in [4.69, 9.17) is 0 Å². The zero-order chi connectivity index (χ0) is 14.9. The van der Waals surface area contributed by atoms with E-state index in [0.29, 0.717) is 28.6 Å². The summed E-state index contributed by atoms with van der Waals surface area (Å²) in [6.07, 6.45) is 0.335. The van der Waals surface area contributed by atoms with Crippen LogP contribution in [0, 0.1) is 0 Å². The number of hydrogen-bond acceptors (Lipinski definition) is 4. The number of fused-ring (bicyclic) bond motifs is 1. The van der Waals surface area contributed by atoms with Gasteiger partial charge < -0.3 is 15.0 Å². The summed E-state index contributed by atoms with van der Waals surface area (Å²) in [7, 11) is 0. The number of aliphatic hydroxyl groups is 1. The number of carboxylic acids is 1. The molecule has 1 unspecified atom stereocenters. The van der Waals surface area contributed by atoms with Crippen LogP contribution in [-0.2, 0) is 11.4 Å². The second kappa shape index (κ2) is 5.46. The molecule has 0 aliphatic carbocycles. The van der Waals surface area contributed by atoms with Crippen molar-refractivity contribution in [2.24, 2.45) is 0 Å². The van der Waals surface area contributed by atoms with Crippen molar-refractivity contribution in [2.75, 3.05) is 0 Å². The molecule has 0 fully saturated rings. The fourth-order valence-corrected chi connectivity index (χ4v) is 2.71. The van der Waals surface area contributed by atoms with Gasteiger partial charge >= 0.3 is 0 Å². The van der Waals surface area contributed by atoms with Crippen LogP contribution in [0.3, 0.4) is 0 Å². The van der Waals surface area contributed by atoms with Gasteiger partial charge in [-0.2, -0.15) is 0 Å². The van der Waals surface area contributed by atoms with E-state index < -0.39 is 18.5 Å².